The van der Waals surface area contributed by atoms with Gasteiger partial charge in [-0.25, -0.2) is 0 Å². The molecule has 1 saturated heterocycles. The Morgan fingerprint density at radius 1 is 1.04 bits per heavy atom. The van der Waals surface area contributed by atoms with E-state index in [0.29, 0.717) is 0 Å². The number of nitrogens with one attached hydrogen (secondary N) is 1. The van der Waals surface area contributed by atoms with Crippen molar-refractivity contribution in [1.29, 1.82) is 0 Å². The van der Waals surface area contributed by atoms with E-state index in [1.54, 1.807) is 0 Å². The Balaban J connectivity index is 1.82. The Bertz CT molecular complexity index is 845. The van der Waals surface area contributed by atoms with Crippen LogP contribution in [0.15, 0.2) is 66.9 Å². The second kappa shape index (κ2) is 6.34. The number of thiophene rings is 1. The second-order valence-corrected chi connectivity index (χ2v) is 7.49. The van der Waals surface area contributed by atoms with Crippen LogP contribution in [0.1, 0.15) is 27.5 Å². The second-order valence-electron chi connectivity index (χ2n) is 5.78. The molecule has 3 aromatic rings. The Kier molecular flexibility index (Phi) is 4.04. The van der Waals surface area contributed by atoms with Crippen LogP contribution in [0.2, 0.25) is 0 Å². The zero-order chi connectivity index (χ0) is 16.5. The van der Waals surface area contributed by atoms with Gasteiger partial charge in [0.2, 0.25) is 0 Å². The Hall–Kier alpha value is -2.24. The number of nitrogens with zero attached hydrogens (tertiary/aromatic N) is 2. The predicted molar refractivity (Wildman–Crippen MR) is 103 cm³/mol. The van der Waals surface area contributed by atoms with Crippen molar-refractivity contribution in [3.05, 3.63) is 82.3 Å². The minimum atomic E-state index is 0.0388. The zero-order valence-electron chi connectivity index (χ0n) is 13.2. The van der Waals surface area contributed by atoms with Crippen LogP contribution in [-0.4, -0.2) is 10.1 Å². The molecule has 0 bridgehead atoms. The number of hydrogen-bond donors (Lipinski definition) is 1. The molecular weight excluding hydrogens is 334 g/mol. The molecule has 5 heteroatoms. The standard InChI is InChI=1S/C19H17N3S2/c1-13-10-11-16(24-13)18-17(15-9-5-6-12-20-15)21-19(23)22(18)14-7-3-2-4-8-14/h2-12,17-18H,1H3,(H,21,23)/t17-,18-/m1/s1. The molecule has 1 fully saturated rings. The van der Waals surface area contributed by atoms with Gasteiger partial charge >= 0.3 is 0 Å². The molecule has 2 aromatic heterocycles. The summed E-state index contributed by atoms with van der Waals surface area (Å²) in [5, 5.41) is 4.22. The van der Waals surface area contributed by atoms with Crippen molar-refractivity contribution in [1.82, 2.24) is 10.3 Å². The SMILES string of the molecule is Cc1ccc([C@@H]2[C@@H](c3ccccn3)NC(=S)N2c2ccccc2)s1. The largest absolute Gasteiger partial charge is 0.351 e. The molecule has 1 aliphatic heterocycles. The number of pyridine rings is 1. The molecule has 0 saturated carbocycles. The van der Waals surface area contributed by atoms with Crippen LogP contribution in [-0.2, 0) is 0 Å². The first-order chi connectivity index (χ1) is 11.7. The number of para-hydroxylation sites is 1. The van der Waals surface area contributed by atoms with Crippen LogP contribution < -0.4 is 10.2 Å². The topological polar surface area (TPSA) is 28.2 Å². The summed E-state index contributed by atoms with van der Waals surface area (Å²) in [5.74, 6) is 0. The summed E-state index contributed by atoms with van der Waals surface area (Å²) in [7, 11) is 0. The van der Waals surface area contributed by atoms with Gasteiger partial charge in [-0.3, -0.25) is 4.98 Å². The minimum absolute atomic E-state index is 0.0388. The quantitative estimate of drug-likeness (QED) is 0.697. The number of anilines is 1. The monoisotopic (exact) mass is 351 g/mol. The van der Waals surface area contributed by atoms with Gasteiger partial charge in [-0.05, 0) is 55.5 Å². The lowest BCUT2D eigenvalue weighted by Crippen LogP contribution is -2.28. The Morgan fingerprint density at radius 2 is 1.83 bits per heavy atom. The summed E-state index contributed by atoms with van der Waals surface area (Å²) in [6, 6.07) is 20.8. The van der Waals surface area contributed by atoms with Crippen molar-refractivity contribution in [3.63, 3.8) is 0 Å². The van der Waals surface area contributed by atoms with E-state index in [1.165, 1.54) is 9.75 Å². The summed E-state index contributed by atoms with van der Waals surface area (Å²) < 4.78 is 0. The third-order valence-electron chi connectivity index (χ3n) is 4.19. The average molecular weight is 352 g/mol. The summed E-state index contributed by atoms with van der Waals surface area (Å²) in [4.78, 5) is 9.36. The van der Waals surface area contributed by atoms with Gasteiger partial charge in [0.1, 0.15) is 0 Å². The third kappa shape index (κ3) is 2.70. The molecule has 3 nitrogen and oxygen atoms in total. The molecule has 1 aliphatic rings. The van der Waals surface area contributed by atoms with E-state index in [4.69, 9.17) is 12.2 Å². The number of thiocarbonyl (C=S) groups is 1. The maximum absolute atomic E-state index is 5.68. The number of aromatic nitrogens is 1. The van der Waals surface area contributed by atoms with Gasteiger partial charge in [0.25, 0.3) is 0 Å². The van der Waals surface area contributed by atoms with Crippen molar-refractivity contribution in [2.75, 3.05) is 4.90 Å². The summed E-state index contributed by atoms with van der Waals surface area (Å²) in [5.41, 5.74) is 2.11. The highest BCUT2D eigenvalue weighted by molar-refractivity contribution is 7.80. The van der Waals surface area contributed by atoms with Crippen molar-refractivity contribution < 1.29 is 0 Å². The van der Waals surface area contributed by atoms with Crippen LogP contribution in [0.4, 0.5) is 5.69 Å². The Morgan fingerprint density at radius 3 is 2.50 bits per heavy atom. The molecule has 0 amide bonds. The van der Waals surface area contributed by atoms with Gasteiger partial charge < -0.3 is 10.2 Å². The first-order valence-electron chi connectivity index (χ1n) is 7.86. The van der Waals surface area contributed by atoms with Crippen molar-refractivity contribution >= 4 is 34.4 Å². The molecule has 3 heterocycles. The summed E-state index contributed by atoms with van der Waals surface area (Å²) in [6.07, 6.45) is 1.84. The molecule has 0 spiro atoms. The molecule has 0 radical (unpaired) electrons. The number of rotatable bonds is 3. The van der Waals surface area contributed by atoms with E-state index in [1.807, 2.05) is 47.9 Å². The van der Waals surface area contributed by atoms with Crippen molar-refractivity contribution in [3.8, 4) is 0 Å². The maximum atomic E-state index is 5.68. The van der Waals surface area contributed by atoms with Crippen LogP contribution in [0, 0.1) is 6.92 Å². The van der Waals surface area contributed by atoms with Gasteiger partial charge in [-0.15, -0.1) is 11.3 Å². The predicted octanol–water partition coefficient (Wildman–Crippen LogP) is 4.63. The third-order valence-corrected chi connectivity index (χ3v) is 5.57. The highest BCUT2D eigenvalue weighted by Crippen LogP contribution is 2.43. The molecule has 4 rings (SSSR count). The lowest BCUT2D eigenvalue weighted by atomic mass is 10.0. The van der Waals surface area contributed by atoms with Crippen LogP contribution >= 0.6 is 23.6 Å². The Labute approximate surface area is 151 Å². The van der Waals surface area contributed by atoms with Crippen molar-refractivity contribution in [2.45, 2.75) is 19.0 Å². The number of hydrogen-bond acceptors (Lipinski definition) is 3. The van der Waals surface area contributed by atoms with Gasteiger partial charge in [0.05, 0.1) is 17.8 Å². The van der Waals surface area contributed by atoms with Crippen LogP contribution in [0.25, 0.3) is 0 Å². The van der Waals surface area contributed by atoms with E-state index < -0.39 is 0 Å². The maximum Gasteiger partial charge on any atom is 0.174 e. The van der Waals surface area contributed by atoms with Crippen LogP contribution in [0.3, 0.4) is 0 Å². The van der Waals surface area contributed by atoms with Gasteiger partial charge in [-0.1, -0.05) is 24.3 Å². The molecule has 0 unspecified atom stereocenters. The first-order valence-corrected chi connectivity index (χ1v) is 9.08. The fourth-order valence-corrected chi connectivity index (χ4v) is 4.47. The van der Waals surface area contributed by atoms with Crippen molar-refractivity contribution in [2.24, 2.45) is 0 Å². The van der Waals surface area contributed by atoms with E-state index in [9.17, 15) is 0 Å². The highest BCUT2D eigenvalue weighted by atomic mass is 32.1. The normalized spacial score (nSPS) is 20.2. The fraction of sp³-hybridized carbons (Fsp3) is 0.158. The zero-order valence-corrected chi connectivity index (χ0v) is 14.8. The first kappa shape index (κ1) is 15.3. The summed E-state index contributed by atoms with van der Waals surface area (Å²) in [6.45, 7) is 2.14. The molecule has 1 aromatic carbocycles. The average Bonchev–Trinajstić information content (AvgIpc) is 3.19. The number of aryl methyl sites for hydroxylation is 1. The molecule has 2 atom stereocenters. The lowest BCUT2D eigenvalue weighted by Gasteiger charge is -2.26. The smallest absolute Gasteiger partial charge is 0.174 e. The van der Waals surface area contributed by atoms with E-state index >= 15 is 0 Å². The molecule has 120 valence electrons. The van der Waals surface area contributed by atoms with Gasteiger partial charge in [-0.2, -0.15) is 0 Å². The fourth-order valence-electron chi connectivity index (χ4n) is 3.12. The van der Waals surface area contributed by atoms with Gasteiger partial charge in [0, 0.05) is 21.6 Å². The summed E-state index contributed by atoms with van der Waals surface area (Å²) >= 11 is 7.49. The highest BCUT2D eigenvalue weighted by Gasteiger charge is 2.41. The van der Waals surface area contributed by atoms with E-state index in [0.717, 1.165) is 16.5 Å². The number of benzene rings is 1. The molecule has 24 heavy (non-hydrogen) atoms. The molecular formula is C19H17N3S2. The van der Waals surface area contributed by atoms with Crippen LogP contribution in [0.5, 0.6) is 0 Å². The molecule has 0 aliphatic carbocycles. The lowest BCUT2D eigenvalue weighted by molar-refractivity contribution is 0.575. The minimum Gasteiger partial charge on any atom is -0.351 e. The molecule has 1 N–H and O–H groups in total. The van der Waals surface area contributed by atoms with Gasteiger partial charge in [0.15, 0.2) is 5.11 Å². The van der Waals surface area contributed by atoms with E-state index in [-0.39, 0.29) is 12.1 Å². The van der Waals surface area contributed by atoms with E-state index in [2.05, 4.69) is 52.5 Å².